The number of rotatable bonds is 6. The van der Waals surface area contributed by atoms with Crippen LogP contribution in [-0.2, 0) is 18.4 Å². The molecule has 0 bridgehead atoms. The van der Waals surface area contributed by atoms with E-state index in [4.69, 9.17) is 0 Å². The quantitative estimate of drug-likeness (QED) is 0.594. The molecule has 0 saturated carbocycles. The van der Waals surface area contributed by atoms with Crippen LogP contribution in [0.1, 0.15) is 44.7 Å². The first-order valence-corrected chi connectivity index (χ1v) is 12.7. The number of pyridine rings is 1. The van der Waals surface area contributed by atoms with Crippen LogP contribution in [-0.4, -0.2) is 63.2 Å². The molecule has 1 aromatic carbocycles. The highest BCUT2D eigenvalue weighted by molar-refractivity contribution is 5.95. The first kappa shape index (κ1) is 23.0. The predicted molar refractivity (Wildman–Crippen MR) is 137 cm³/mol. The number of likely N-dealkylation sites (tertiary alicyclic amines) is 2. The van der Waals surface area contributed by atoms with Crippen LogP contribution in [0.25, 0.3) is 21.9 Å². The number of amides is 1. The van der Waals surface area contributed by atoms with Crippen LogP contribution in [0.2, 0.25) is 0 Å². The molecular weight excluding hydrogens is 424 g/mol. The molecule has 4 heterocycles. The molecule has 1 N–H and O–H groups in total. The molecule has 34 heavy (non-hydrogen) atoms. The van der Waals surface area contributed by atoms with Gasteiger partial charge in [-0.1, -0.05) is 25.5 Å². The first-order chi connectivity index (χ1) is 16.5. The minimum Gasteiger partial charge on any atom is -0.310 e. The third kappa shape index (κ3) is 5.31. The smallest absolute Gasteiger partial charge is 0.239 e. The van der Waals surface area contributed by atoms with Gasteiger partial charge in [-0.15, -0.1) is 0 Å². The van der Waals surface area contributed by atoms with Gasteiger partial charge in [0.2, 0.25) is 5.91 Å². The van der Waals surface area contributed by atoms with Crippen molar-refractivity contribution >= 4 is 22.5 Å². The largest absolute Gasteiger partial charge is 0.310 e. The molecule has 0 spiro atoms. The molecule has 0 aliphatic carbocycles. The summed E-state index contributed by atoms with van der Waals surface area (Å²) in [5, 5.41) is 9.71. The lowest BCUT2D eigenvalue weighted by Gasteiger charge is -2.29. The van der Waals surface area contributed by atoms with Gasteiger partial charge in [0, 0.05) is 30.7 Å². The van der Waals surface area contributed by atoms with E-state index in [0.29, 0.717) is 12.4 Å². The zero-order chi connectivity index (χ0) is 23.5. The summed E-state index contributed by atoms with van der Waals surface area (Å²) in [6.07, 6.45) is 10.0. The normalized spacial score (nSPS) is 18.4. The number of piperidine rings is 2. The number of hydrogen-bond acceptors (Lipinski definition) is 5. The maximum atomic E-state index is 12.6. The minimum absolute atomic E-state index is 0.00800. The summed E-state index contributed by atoms with van der Waals surface area (Å²) in [7, 11) is 2.03. The second kappa shape index (κ2) is 10.2. The average Bonchev–Trinajstić information content (AvgIpc) is 3.20. The lowest BCUT2D eigenvalue weighted by atomic mass is 9.99. The fourth-order valence-electron chi connectivity index (χ4n) is 5.20. The molecule has 7 nitrogen and oxygen atoms in total. The van der Waals surface area contributed by atoms with E-state index in [1.807, 2.05) is 30.2 Å². The Morgan fingerprint density at radius 3 is 2.59 bits per heavy atom. The van der Waals surface area contributed by atoms with E-state index in [2.05, 4.69) is 50.3 Å². The third-order valence-corrected chi connectivity index (χ3v) is 7.43. The summed E-state index contributed by atoms with van der Waals surface area (Å²) in [6, 6.07) is 8.43. The minimum atomic E-state index is 0.00800. The van der Waals surface area contributed by atoms with E-state index in [9.17, 15) is 4.79 Å². The molecule has 2 aliphatic heterocycles. The van der Waals surface area contributed by atoms with Crippen molar-refractivity contribution in [3.8, 4) is 11.1 Å². The van der Waals surface area contributed by atoms with Gasteiger partial charge in [-0.2, -0.15) is 5.10 Å². The Balaban J connectivity index is 1.32. The van der Waals surface area contributed by atoms with Crippen LogP contribution in [0.3, 0.4) is 0 Å². The Morgan fingerprint density at radius 2 is 1.79 bits per heavy atom. The zero-order valence-corrected chi connectivity index (χ0v) is 20.5. The number of benzene rings is 1. The highest BCUT2D eigenvalue weighted by Gasteiger charge is 2.19. The number of carbonyl (C=O) groups is 1. The molecule has 1 amide bonds. The van der Waals surface area contributed by atoms with Gasteiger partial charge in [0.1, 0.15) is 5.82 Å². The van der Waals surface area contributed by atoms with Gasteiger partial charge >= 0.3 is 0 Å². The van der Waals surface area contributed by atoms with Crippen molar-refractivity contribution in [3.63, 3.8) is 0 Å². The zero-order valence-electron chi connectivity index (χ0n) is 20.5. The molecule has 2 aromatic heterocycles. The molecular formula is C27H36N6O. The van der Waals surface area contributed by atoms with Crippen molar-refractivity contribution in [3.05, 3.63) is 42.4 Å². The summed E-state index contributed by atoms with van der Waals surface area (Å²) >= 11 is 0. The van der Waals surface area contributed by atoms with Gasteiger partial charge in [-0.3, -0.25) is 19.3 Å². The number of hydrogen-bond donors (Lipinski definition) is 1. The van der Waals surface area contributed by atoms with Gasteiger partial charge in [0.05, 0.1) is 18.4 Å². The number of aryl methyl sites for hydroxylation is 1. The van der Waals surface area contributed by atoms with Gasteiger partial charge in [-0.05, 0) is 80.9 Å². The van der Waals surface area contributed by atoms with Crippen molar-refractivity contribution in [1.29, 1.82) is 0 Å². The number of carbonyl (C=O) groups excluding carboxylic acids is 1. The summed E-state index contributed by atoms with van der Waals surface area (Å²) in [5.74, 6) is 1.38. The summed E-state index contributed by atoms with van der Waals surface area (Å²) in [4.78, 5) is 21.9. The lowest BCUT2D eigenvalue weighted by Crippen LogP contribution is -2.38. The second-order valence-electron chi connectivity index (χ2n) is 10.1. The van der Waals surface area contributed by atoms with Gasteiger partial charge in [0.15, 0.2) is 0 Å². The Hall–Kier alpha value is -2.77. The van der Waals surface area contributed by atoms with Crippen LogP contribution >= 0.6 is 0 Å². The summed E-state index contributed by atoms with van der Waals surface area (Å²) < 4.78 is 2.01. The molecule has 2 fully saturated rings. The molecule has 7 heteroatoms. The summed E-state index contributed by atoms with van der Waals surface area (Å²) in [5.41, 5.74) is 3.58. The van der Waals surface area contributed by atoms with E-state index in [1.165, 1.54) is 43.4 Å². The maximum Gasteiger partial charge on any atom is 0.239 e. The van der Waals surface area contributed by atoms with Crippen LogP contribution in [0.5, 0.6) is 0 Å². The van der Waals surface area contributed by atoms with Crippen LogP contribution in [0, 0.1) is 5.92 Å². The third-order valence-electron chi connectivity index (χ3n) is 7.43. The summed E-state index contributed by atoms with van der Waals surface area (Å²) in [6.45, 7) is 7.95. The number of nitrogens with one attached hydrogen (secondary N) is 1. The molecule has 5 rings (SSSR count). The van der Waals surface area contributed by atoms with E-state index in [1.54, 1.807) is 0 Å². The van der Waals surface area contributed by atoms with Crippen LogP contribution in [0.15, 0.2) is 36.7 Å². The first-order valence-electron chi connectivity index (χ1n) is 12.7. The maximum absolute atomic E-state index is 12.6. The fourth-order valence-corrected chi connectivity index (χ4v) is 5.20. The molecule has 2 saturated heterocycles. The Morgan fingerprint density at radius 1 is 1.00 bits per heavy atom. The molecule has 0 unspecified atom stereocenters. The van der Waals surface area contributed by atoms with Crippen molar-refractivity contribution in [2.45, 2.75) is 45.6 Å². The lowest BCUT2D eigenvalue weighted by molar-refractivity contribution is -0.117. The van der Waals surface area contributed by atoms with E-state index in [-0.39, 0.29) is 5.91 Å². The number of anilines is 1. The number of nitrogens with zero attached hydrogens (tertiary/aromatic N) is 5. The molecule has 180 valence electrons. The number of fused-ring (bicyclic) bond motifs is 1. The SMILES string of the molecule is CC1CCN(CC(=O)Nc2cc3cc(-c4cnn(C)c4CN4CCCCC4)ccc3cn2)CC1. The topological polar surface area (TPSA) is 66.3 Å². The van der Waals surface area contributed by atoms with E-state index < -0.39 is 0 Å². The van der Waals surface area contributed by atoms with Crippen LogP contribution in [0.4, 0.5) is 5.82 Å². The highest BCUT2D eigenvalue weighted by Crippen LogP contribution is 2.29. The Kier molecular flexibility index (Phi) is 6.92. The van der Waals surface area contributed by atoms with Gasteiger partial charge in [-0.25, -0.2) is 4.98 Å². The molecule has 0 atom stereocenters. The fraction of sp³-hybridized carbons (Fsp3) is 0.519. The van der Waals surface area contributed by atoms with Crippen molar-refractivity contribution in [2.75, 3.05) is 38.0 Å². The Labute approximate surface area is 202 Å². The molecule has 0 radical (unpaired) electrons. The van der Waals surface area contributed by atoms with Crippen molar-refractivity contribution < 1.29 is 4.79 Å². The van der Waals surface area contributed by atoms with E-state index >= 15 is 0 Å². The van der Waals surface area contributed by atoms with Gasteiger partial charge < -0.3 is 5.32 Å². The van der Waals surface area contributed by atoms with Crippen molar-refractivity contribution in [2.24, 2.45) is 13.0 Å². The van der Waals surface area contributed by atoms with Gasteiger partial charge in [0.25, 0.3) is 0 Å². The van der Waals surface area contributed by atoms with Crippen molar-refractivity contribution in [1.82, 2.24) is 24.6 Å². The molecule has 3 aromatic rings. The van der Waals surface area contributed by atoms with E-state index in [0.717, 1.165) is 55.0 Å². The highest BCUT2D eigenvalue weighted by atomic mass is 16.2. The number of aromatic nitrogens is 3. The predicted octanol–water partition coefficient (Wildman–Crippen LogP) is 4.29. The standard InChI is InChI=1S/C27H36N6O/c1-20-8-12-33(13-9-20)19-27(34)30-26-15-23-14-21(6-7-22(23)16-28-26)24-17-29-31(2)25(24)18-32-10-4-3-5-11-32/h6-7,14-17,20H,3-5,8-13,18-19H2,1-2H3,(H,28,30,34). The second-order valence-corrected chi connectivity index (χ2v) is 10.1. The Bertz CT molecular complexity index is 1140. The molecule has 2 aliphatic rings. The monoisotopic (exact) mass is 460 g/mol. The average molecular weight is 461 g/mol. The van der Waals surface area contributed by atoms with Crippen LogP contribution < -0.4 is 5.32 Å².